The third kappa shape index (κ3) is 6.38. The Hall–Kier alpha value is -1.13. The second-order valence-corrected chi connectivity index (χ2v) is 9.13. The number of hydrogen-bond acceptors (Lipinski definition) is 16. The lowest BCUT2D eigenvalue weighted by atomic mass is 9.95. The molecule has 0 aromatic carbocycles. The third-order valence-corrected chi connectivity index (χ3v) is 6.55. The summed E-state index contributed by atoms with van der Waals surface area (Å²) in [6, 6.07) is -1.44. The van der Waals surface area contributed by atoms with E-state index in [1.807, 2.05) is 0 Å². The van der Waals surface area contributed by atoms with Gasteiger partial charge in [-0.15, -0.1) is 0 Å². The van der Waals surface area contributed by atoms with Gasteiger partial charge in [0, 0.05) is 6.92 Å². The number of carbonyl (C=O) groups excluding carboxylic acids is 1. The van der Waals surface area contributed by atoms with E-state index in [2.05, 4.69) is 10.2 Å². The van der Waals surface area contributed by atoms with Crippen LogP contribution in [0.25, 0.3) is 0 Å². The van der Waals surface area contributed by atoms with E-state index in [-0.39, 0.29) is 0 Å². The molecule has 1 amide bonds. The van der Waals surface area contributed by atoms with Crippen molar-refractivity contribution in [2.24, 2.45) is 0 Å². The van der Waals surface area contributed by atoms with Crippen LogP contribution in [-0.2, 0) is 33.4 Å². The molecule has 0 aromatic heterocycles. The van der Waals surface area contributed by atoms with Gasteiger partial charge in [0.05, 0.1) is 19.3 Å². The Morgan fingerprint density at radius 1 is 0.757 bits per heavy atom. The Kier molecular flexibility index (Phi) is 10.5. The minimum absolute atomic E-state index is 0.658. The fraction of sp³-hybridized carbons (Fsp3) is 0.950. The average Bonchev–Trinajstić information content (AvgIpc) is 2.86. The monoisotopic (exact) mass is 545 g/mol. The molecule has 0 bridgehead atoms. The molecule has 0 aromatic rings. The largest absolute Gasteiger partial charge is 0.394 e. The number of rotatable bonds is 8. The van der Waals surface area contributed by atoms with E-state index in [4.69, 9.17) is 28.9 Å². The third-order valence-electron chi connectivity index (χ3n) is 6.55. The van der Waals surface area contributed by atoms with Crippen LogP contribution in [0.4, 0.5) is 0 Å². The standard InChI is InChI=1S/C20H35NO16/c1-5-10(25)13(28)14(29)20(32-5)36-17-16(11(26)7(3-22)33-18(17)30)35-19-9(21-6(2)24)12(27)15(37-31)8(4-23)34-19/h5,7-20,22-23,25-31H,3-4H2,1-2H3,(H,21,24)/t5-,7+,8+,9+,10+,11-,12+,13+,14-,15-,16-,17+,18-,19+,20-/m0/s1. The lowest BCUT2D eigenvalue weighted by molar-refractivity contribution is -0.393. The SMILES string of the molecule is CC(=O)N[C@H]1[C@@H](O[C@H]2[C@@H](O)[C@@H](CO)O[C@H](O)[C@@H]2O[C@@H]2O[C@@H](C)[C@@H](O)[C@@H](O)[C@@H]2O)O[C@H](CO)[C@H](OO)[C@@H]1O. The van der Waals surface area contributed by atoms with Gasteiger partial charge in [-0.05, 0) is 6.92 Å². The molecule has 3 aliphatic rings. The van der Waals surface area contributed by atoms with E-state index in [9.17, 15) is 45.6 Å². The molecule has 0 radical (unpaired) electrons. The maximum atomic E-state index is 11.8. The minimum Gasteiger partial charge on any atom is -0.394 e. The van der Waals surface area contributed by atoms with Gasteiger partial charge in [-0.3, -0.25) is 10.1 Å². The molecule has 216 valence electrons. The van der Waals surface area contributed by atoms with Crippen LogP contribution in [0, 0.1) is 0 Å². The fourth-order valence-corrected chi connectivity index (χ4v) is 4.50. The van der Waals surface area contributed by atoms with Crippen molar-refractivity contribution in [3.8, 4) is 0 Å². The van der Waals surface area contributed by atoms with Crippen LogP contribution in [-0.4, -0.2) is 157 Å². The van der Waals surface area contributed by atoms with E-state index in [0.29, 0.717) is 0 Å². The quantitative estimate of drug-likeness (QED) is 0.100. The van der Waals surface area contributed by atoms with Gasteiger partial charge >= 0.3 is 0 Å². The van der Waals surface area contributed by atoms with Gasteiger partial charge in [0.15, 0.2) is 18.9 Å². The molecule has 3 aliphatic heterocycles. The van der Waals surface area contributed by atoms with Crippen molar-refractivity contribution in [2.45, 2.75) is 106 Å². The van der Waals surface area contributed by atoms with Crippen molar-refractivity contribution >= 4 is 5.91 Å². The molecule has 3 fully saturated rings. The fourth-order valence-electron chi connectivity index (χ4n) is 4.50. The van der Waals surface area contributed by atoms with Gasteiger partial charge in [0.1, 0.15) is 67.1 Å². The summed E-state index contributed by atoms with van der Waals surface area (Å²) in [5.41, 5.74) is 0. The molecule has 17 nitrogen and oxygen atoms in total. The van der Waals surface area contributed by atoms with Crippen molar-refractivity contribution in [3.63, 3.8) is 0 Å². The van der Waals surface area contributed by atoms with Gasteiger partial charge in [-0.25, -0.2) is 4.89 Å². The minimum atomic E-state index is -1.91. The zero-order valence-electron chi connectivity index (χ0n) is 20.0. The van der Waals surface area contributed by atoms with Gasteiger partial charge in [0.2, 0.25) is 5.91 Å². The summed E-state index contributed by atoms with van der Waals surface area (Å²) in [6.45, 7) is 0.949. The first kappa shape index (κ1) is 30.4. The summed E-state index contributed by atoms with van der Waals surface area (Å²) in [7, 11) is 0. The molecule has 3 heterocycles. The first-order valence-corrected chi connectivity index (χ1v) is 11.6. The summed E-state index contributed by atoms with van der Waals surface area (Å²) in [5, 5.41) is 93.1. The van der Waals surface area contributed by atoms with Crippen molar-refractivity contribution in [1.29, 1.82) is 0 Å². The van der Waals surface area contributed by atoms with Crippen LogP contribution < -0.4 is 5.32 Å². The summed E-state index contributed by atoms with van der Waals surface area (Å²) in [6.07, 6.45) is -22.2. The maximum absolute atomic E-state index is 11.8. The summed E-state index contributed by atoms with van der Waals surface area (Å²) >= 11 is 0. The number of carbonyl (C=O) groups is 1. The molecule has 0 saturated carbocycles. The Balaban J connectivity index is 1.89. The highest BCUT2D eigenvalue weighted by atomic mass is 17.1. The average molecular weight is 545 g/mol. The molecule has 0 spiro atoms. The molecule has 10 N–H and O–H groups in total. The molecule has 3 saturated heterocycles. The molecular weight excluding hydrogens is 510 g/mol. The molecule has 0 aliphatic carbocycles. The highest BCUT2D eigenvalue weighted by Gasteiger charge is 2.54. The van der Waals surface area contributed by atoms with Crippen LogP contribution in [0.1, 0.15) is 13.8 Å². The lowest BCUT2D eigenvalue weighted by Gasteiger charge is -2.48. The van der Waals surface area contributed by atoms with Crippen molar-refractivity contribution in [1.82, 2.24) is 5.32 Å². The van der Waals surface area contributed by atoms with Crippen molar-refractivity contribution < 1.29 is 79.5 Å². The summed E-state index contributed by atoms with van der Waals surface area (Å²) in [5.74, 6) is -0.658. The maximum Gasteiger partial charge on any atom is 0.217 e. The van der Waals surface area contributed by atoms with Crippen LogP contribution in [0.15, 0.2) is 0 Å². The Labute approximate surface area is 210 Å². The first-order valence-electron chi connectivity index (χ1n) is 11.6. The van der Waals surface area contributed by atoms with Gasteiger partial charge in [0.25, 0.3) is 0 Å². The first-order chi connectivity index (χ1) is 17.4. The van der Waals surface area contributed by atoms with Gasteiger partial charge < -0.3 is 69.9 Å². The second-order valence-electron chi connectivity index (χ2n) is 9.13. The second kappa shape index (κ2) is 12.8. The number of ether oxygens (including phenoxy) is 5. The predicted octanol–water partition coefficient (Wildman–Crippen LogP) is -5.90. The van der Waals surface area contributed by atoms with E-state index in [1.54, 1.807) is 0 Å². The Morgan fingerprint density at radius 3 is 1.95 bits per heavy atom. The molecule has 17 heteroatoms. The van der Waals surface area contributed by atoms with E-state index >= 15 is 0 Å². The topological polar surface area (TPSA) is 267 Å². The van der Waals surface area contributed by atoms with Crippen LogP contribution in [0.3, 0.4) is 0 Å². The molecule has 3 rings (SSSR count). The molecule has 37 heavy (non-hydrogen) atoms. The van der Waals surface area contributed by atoms with Crippen molar-refractivity contribution in [2.75, 3.05) is 13.2 Å². The number of aliphatic hydroxyl groups is 8. The number of amides is 1. The van der Waals surface area contributed by atoms with Crippen LogP contribution in [0.5, 0.6) is 0 Å². The van der Waals surface area contributed by atoms with E-state index < -0.39 is 111 Å². The molecular formula is C20H35NO16. The number of nitrogens with one attached hydrogen (secondary N) is 1. The highest BCUT2D eigenvalue weighted by Crippen LogP contribution is 2.33. The van der Waals surface area contributed by atoms with E-state index in [1.165, 1.54) is 6.92 Å². The number of aliphatic hydroxyl groups excluding tert-OH is 8. The van der Waals surface area contributed by atoms with Gasteiger partial charge in [-0.1, -0.05) is 0 Å². The van der Waals surface area contributed by atoms with Crippen LogP contribution >= 0.6 is 0 Å². The van der Waals surface area contributed by atoms with Crippen molar-refractivity contribution in [3.05, 3.63) is 0 Å². The normalized spacial score (nSPS) is 49.0. The zero-order valence-corrected chi connectivity index (χ0v) is 20.0. The number of hydrogen-bond donors (Lipinski definition) is 10. The highest BCUT2D eigenvalue weighted by molar-refractivity contribution is 5.73. The van der Waals surface area contributed by atoms with Crippen LogP contribution in [0.2, 0.25) is 0 Å². The van der Waals surface area contributed by atoms with E-state index in [0.717, 1.165) is 6.92 Å². The molecule has 0 unspecified atom stereocenters. The summed E-state index contributed by atoms with van der Waals surface area (Å²) in [4.78, 5) is 16.0. The lowest BCUT2D eigenvalue weighted by Crippen LogP contribution is -2.68. The predicted molar refractivity (Wildman–Crippen MR) is 113 cm³/mol. The summed E-state index contributed by atoms with van der Waals surface area (Å²) < 4.78 is 27.5. The molecule has 15 atom stereocenters. The zero-order chi connectivity index (χ0) is 27.6. The van der Waals surface area contributed by atoms with Gasteiger partial charge in [-0.2, -0.15) is 0 Å². The Bertz CT molecular complexity index is 747. The Morgan fingerprint density at radius 2 is 1.38 bits per heavy atom. The smallest absolute Gasteiger partial charge is 0.217 e.